The molecule has 0 spiro atoms. The third kappa shape index (κ3) is 27.9. The SMILES string of the molecule is C#CC#CC#CC#CC#CC#CC#CC#CC#CC#CC#CC#CC#CC#CC#CC#CC#CC#CC#CC#CC.Cc1ccc(-c2ccc(CO[C@](C)(C(=O)CO)[C@@H](O)c3cc(C)on3)cc2)nc1.Cc1ccc(-c2ccc(CO[C@](C)(C(=O)N3C(=O)OC(C)(C)[C@@H]3c3ccccc3)[C@@H](O)c3cc(C)on3)cc2)nc1. The zero-order chi connectivity index (χ0) is 80.0. The number of ketones is 1. The predicted molar refractivity (Wildman–Crippen MR) is 419 cm³/mol. The standard InChI is InChI=1S/C41H4.C32H33N3O6.C22H24N2O5/c1-3-5-7-9-11-13-15-17-19-21-23-25-27-29-31-33-35-37-39-41-40-38-36-34-32-30-28-26-24-22-20-18-16-14-12-10-8-6-4-2;1-20-11-16-25(33-18-20)23-14-12-22(13-15-23)19-39-32(5,28(36)26-17-21(2)41-34-26)29(37)35-27(24-9-7-6-8-10-24)31(3,4)40-30(35)38;1-14-4-9-18(23-11-14)17-7-5-16(6-8-17)13-28-22(3,20(26)12-25)21(27)19-10-15(2)29-24-19/h1H,2H3;6-18,27-28,36H,19H2,1-5H3;4-11,21,25,27H,12-13H2,1-3H3/t;27-,28-,32-;21-,22+/m.00/s1. The molecule has 4 aromatic heterocycles. The van der Waals surface area contributed by atoms with Crippen LogP contribution in [0.25, 0.3) is 22.5 Å². The lowest BCUT2D eigenvalue weighted by molar-refractivity contribution is -0.175. The van der Waals surface area contributed by atoms with Crippen LogP contribution in [0.15, 0.2) is 137 Å². The maximum absolute atomic E-state index is 14.3. The van der Waals surface area contributed by atoms with Crippen molar-refractivity contribution in [2.75, 3.05) is 6.61 Å². The fraction of sp³-hybridized carbons (Fsp3) is 0.189. The van der Waals surface area contributed by atoms with Gasteiger partial charge in [0.15, 0.2) is 17.0 Å². The first kappa shape index (κ1) is 83.9. The van der Waals surface area contributed by atoms with Crippen LogP contribution in [0.3, 0.4) is 0 Å². The number of pyridine rings is 2. The molecule has 7 aromatic rings. The smallest absolute Gasteiger partial charge is 0.417 e. The van der Waals surface area contributed by atoms with E-state index in [0.29, 0.717) is 17.1 Å². The van der Waals surface area contributed by atoms with Crippen molar-refractivity contribution in [1.82, 2.24) is 25.2 Å². The Balaban J connectivity index is 0.000000264. The van der Waals surface area contributed by atoms with Crippen LogP contribution >= 0.6 is 0 Å². The molecule has 8 rings (SSSR count). The van der Waals surface area contributed by atoms with Crippen LogP contribution < -0.4 is 0 Å². The molecule has 16 heteroatoms. The van der Waals surface area contributed by atoms with Crippen molar-refractivity contribution in [2.24, 2.45) is 0 Å². The highest BCUT2D eigenvalue weighted by Crippen LogP contribution is 2.45. The number of hydrogen-bond donors (Lipinski definition) is 3. The number of aryl methyl sites for hydroxylation is 4. The van der Waals surface area contributed by atoms with Gasteiger partial charge in [-0.2, -0.15) is 0 Å². The van der Waals surface area contributed by atoms with Gasteiger partial charge in [0.1, 0.15) is 53.4 Å². The van der Waals surface area contributed by atoms with Gasteiger partial charge in [-0.25, -0.2) is 9.69 Å². The summed E-state index contributed by atoms with van der Waals surface area (Å²) in [5, 5.41) is 39.2. The highest BCUT2D eigenvalue weighted by Gasteiger charge is 2.58. The molecule has 0 bridgehead atoms. The zero-order valence-corrected chi connectivity index (χ0v) is 61.4. The summed E-state index contributed by atoms with van der Waals surface area (Å²) < 4.78 is 27.8. The number of carbonyl (C=O) groups excluding carboxylic acids is 3. The summed E-state index contributed by atoms with van der Waals surface area (Å²) in [6, 6.07) is 34.5. The molecule has 0 aliphatic carbocycles. The minimum Gasteiger partial charge on any atom is -0.440 e. The van der Waals surface area contributed by atoms with E-state index < -0.39 is 59.4 Å². The van der Waals surface area contributed by atoms with Crippen molar-refractivity contribution in [3.05, 3.63) is 178 Å². The monoisotopic (exact) mass is 1450 g/mol. The predicted octanol–water partition coefficient (Wildman–Crippen LogP) is 9.49. The first-order valence-electron chi connectivity index (χ1n) is 32.9. The Bertz CT molecular complexity index is 6010. The summed E-state index contributed by atoms with van der Waals surface area (Å²) in [5.41, 5.74) is 3.69. The summed E-state index contributed by atoms with van der Waals surface area (Å²) in [4.78, 5) is 49.8. The van der Waals surface area contributed by atoms with E-state index in [1.165, 1.54) is 26.0 Å². The summed E-state index contributed by atoms with van der Waals surface area (Å²) in [6.07, 6.45) is 4.81. The van der Waals surface area contributed by atoms with Gasteiger partial charge in [0.2, 0.25) is 0 Å². The van der Waals surface area contributed by atoms with E-state index in [-0.39, 0.29) is 24.6 Å². The number of carbonyl (C=O) groups is 3. The molecule has 3 aromatic carbocycles. The third-order valence-electron chi connectivity index (χ3n) is 14.7. The molecule has 0 radical (unpaired) electrons. The highest BCUT2D eigenvalue weighted by atomic mass is 16.6. The van der Waals surface area contributed by atoms with Gasteiger partial charge in [-0.1, -0.05) is 107 Å². The number of terminal acetylenes is 1. The molecule has 1 saturated heterocycles. The van der Waals surface area contributed by atoms with Gasteiger partial charge >= 0.3 is 6.09 Å². The third-order valence-corrected chi connectivity index (χ3v) is 14.7. The Morgan fingerprint density at radius 2 is 0.829 bits per heavy atom. The Morgan fingerprint density at radius 3 is 1.14 bits per heavy atom. The number of aliphatic hydroxyl groups excluding tert-OH is 3. The number of amides is 2. The molecule has 111 heavy (non-hydrogen) atoms. The van der Waals surface area contributed by atoms with E-state index in [4.69, 9.17) is 29.7 Å². The van der Waals surface area contributed by atoms with Crippen molar-refractivity contribution in [3.63, 3.8) is 0 Å². The van der Waals surface area contributed by atoms with Gasteiger partial charge in [0.25, 0.3) is 5.91 Å². The number of rotatable bonds is 16. The molecule has 3 N–H and O–H groups in total. The van der Waals surface area contributed by atoms with Gasteiger partial charge in [0, 0.05) is 166 Å². The number of aromatic nitrogens is 4. The Kier molecular flexibility index (Phi) is 34.2. The van der Waals surface area contributed by atoms with E-state index in [0.717, 1.165) is 49.7 Å². The summed E-state index contributed by atoms with van der Waals surface area (Å²) in [5.74, 6) is 96.4. The molecule has 2 amide bonds. The van der Waals surface area contributed by atoms with Crippen LogP contribution in [-0.4, -0.2) is 81.7 Å². The van der Waals surface area contributed by atoms with E-state index in [2.05, 4.69) is 251 Å². The number of nitrogens with zero attached hydrogens (tertiary/aromatic N) is 5. The Labute approximate surface area is 647 Å². The van der Waals surface area contributed by atoms with Gasteiger partial charge < -0.3 is 38.6 Å². The van der Waals surface area contributed by atoms with Crippen molar-refractivity contribution < 1.29 is 53.0 Å². The van der Waals surface area contributed by atoms with Crippen LogP contribution in [0.4, 0.5) is 4.79 Å². The first-order valence-corrected chi connectivity index (χ1v) is 32.9. The lowest BCUT2D eigenvalue weighted by Gasteiger charge is -2.37. The molecule has 0 saturated carbocycles. The van der Waals surface area contributed by atoms with Gasteiger partial charge in [-0.15, -0.1) is 6.42 Å². The number of cyclic esters (lactones) is 1. The second kappa shape index (κ2) is 45.3. The number of Topliss-reactive ketones (excluding diaryl/α,β-unsaturated/α-hetero) is 1. The van der Waals surface area contributed by atoms with E-state index in [9.17, 15) is 29.7 Å². The minimum atomic E-state index is -1.92. The largest absolute Gasteiger partial charge is 0.440 e. The van der Waals surface area contributed by atoms with Crippen LogP contribution in [0.5, 0.6) is 0 Å². The molecule has 1 aliphatic heterocycles. The first-order chi connectivity index (χ1) is 53.7. The normalized spacial score (nSPS) is 12.0. The lowest BCUT2D eigenvalue weighted by Crippen LogP contribution is -2.54. The Morgan fingerprint density at radius 1 is 0.495 bits per heavy atom. The van der Waals surface area contributed by atoms with Gasteiger partial charge in [0.05, 0.1) is 24.6 Å². The van der Waals surface area contributed by atoms with Gasteiger partial charge in [-0.3, -0.25) is 19.6 Å². The molecular weight excluding hydrogens is 1390 g/mol. The molecule has 1 fully saturated rings. The fourth-order valence-electron chi connectivity index (χ4n) is 9.17. The second-order valence-corrected chi connectivity index (χ2v) is 23.2. The fourth-order valence-corrected chi connectivity index (χ4v) is 9.17. The zero-order valence-electron chi connectivity index (χ0n) is 61.4. The van der Waals surface area contributed by atoms with Crippen molar-refractivity contribution >= 4 is 17.8 Å². The number of aliphatic hydroxyl groups is 3. The lowest BCUT2D eigenvalue weighted by atomic mass is 9.88. The molecule has 16 nitrogen and oxygen atoms in total. The maximum Gasteiger partial charge on any atom is 0.417 e. The maximum atomic E-state index is 14.3. The van der Waals surface area contributed by atoms with Crippen LogP contribution in [-0.2, 0) is 37.0 Å². The summed E-state index contributed by atoms with van der Waals surface area (Å²) in [6.45, 7) is 14.7. The van der Waals surface area contributed by atoms with Crippen molar-refractivity contribution in [1.29, 1.82) is 0 Å². The molecule has 5 heterocycles. The van der Waals surface area contributed by atoms with Crippen LogP contribution in [0.1, 0.15) is 104 Å². The molecule has 532 valence electrons. The number of benzene rings is 3. The van der Waals surface area contributed by atoms with Gasteiger partial charge in [-0.05, 0) is 197 Å². The van der Waals surface area contributed by atoms with E-state index >= 15 is 0 Å². The minimum absolute atomic E-state index is 0.0278. The van der Waals surface area contributed by atoms with E-state index in [1.807, 2.05) is 129 Å². The quantitative estimate of drug-likeness (QED) is 0.0767. The Hall–Kier alpha value is -16.0. The average Bonchev–Trinajstić information content (AvgIpc) is 1.61. The summed E-state index contributed by atoms with van der Waals surface area (Å²) in [7, 11) is 0. The molecule has 0 unspecified atom stereocenters. The molecule has 5 atom stereocenters. The number of imide groups is 1. The topological polar surface area (TPSA) is 221 Å². The second-order valence-electron chi connectivity index (χ2n) is 23.2. The van der Waals surface area contributed by atoms with Crippen LogP contribution in [0, 0.1) is 265 Å². The van der Waals surface area contributed by atoms with Crippen LogP contribution in [0.2, 0.25) is 0 Å². The number of ether oxygens (including phenoxy) is 3. The van der Waals surface area contributed by atoms with Crippen molar-refractivity contribution in [2.45, 2.75) is 111 Å². The highest BCUT2D eigenvalue weighted by molar-refractivity contribution is 5.99. The molecular formula is C95H61N5O11. The van der Waals surface area contributed by atoms with Crippen molar-refractivity contribution in [3.8, 4) is 260 Å². The molecule has 1 aliphatic rings. The summed E-state index contributed by atoms with van der Waals surface area (Å²) >= 11 is 0. The van der Waals surface area contributed by atoms with E-state index in [1.54, 1.807) is 34.6 Å². The average molecular weight is 1450 g/mol. The number of hydrogen-bond acceptors (Lipinski definition) is 15.